The van der Waals surface area contributed by atoms with Crippen LogP contribution in [0.4, 0.5) is 0 Å². The van der Waals surface area contributed by atoms with E-state index in [1.165, 1.54) is 0 Å². The van der Waals surface area contributed by atoms with Gasteiger partial charge in [0.2, 0.25) is 0 Å². The fourth-order valence-corrected chi connectivity index (χ4v) is 25.5. The summed E-state index contributed by atoms with van der Waals surface area (Å²) in [7, 11) is -7.63. The van der Waals surface area contributed by atoms with E-state index in [-0.39, 0.29) is 11.8 Å². The van der Waals surface area contributed by atoms with Crippen LogP contribution in [0.5, 0.6) is 0 Å². The van der Waals surface area contributed by atoms with Gasteiger partial charge in [0.05, 0.1) is 15.9 Å². The average molecular weight is 721 g/mol. The lowest BCUT2D eigenvalue weighted by Gasteiger charge is -2.64. The quantitative estimate of drug-likeness (QED) is 0.126. The summed E-state index contributed by atoms with van der Waals surface area (Å²) in [6.07, 6.45) is 0. The Hall–Kier alpha value is -5.93. The van der Waals surface area contributed by atoms with Gasteiger partial charge in [-0.25, -0.2) is 0 Å². The van der Waals surface area contributed by atoms with Gasteiger partial charge in [-0.15, -0.1) is 0 Å². The summed E-state index contributed by atoms with van der Waals surface area (Å²) in [6.45, 7) is 2.04. The number of hydrogen-bond donors (Lipinski definition) is 1. The van der Waals surface area contributed by atoms with Crippen LogP contribution >= 0.6 is 0 Å². The van der Waals surface area contributed by atoms with Crippen LogP contribution in [0.15, 0.2) is 206 Å². The zero-order chi connectivity index (χ0) is 36.5. The van der Waals surface area contributed by atoms with E-state index in [0.29, 0.717) is 11.1 Å². The van der Waals surface area contributed by atoms with Gasteiger partial charge in [0.1, 0.15) is 0 Å². The van der Waals surface area contributed by atoms with Gasteiger partial charge in [0, 0.05) is 6.04 Å². The van der Waals surface area contributed by atoms with E-state index in [1.807, 2.05) is 55.5 Å². The molecule has 0 radical (unpaired) electrons. The van der Waals surface area contributed by atoms with Crippen molar-refractivity contribution in [2.45, 2.75) is 17.8 Å². The van der Waals surface area contributed by atoms with Crippen molar-refractivity contribution in [1.82, 2.24) is 4.90 Å². The number of carbonyl (C=O) groups is 2. The van der Waals surface area contributed by atoms with E-state index in [4.69, 9.17) is 5.73 Å². The Labute approximate surface area is 313 Å². The first kappa shape index (κ1) is 34.2. The Balaban J connectivity index is 1.74. The van der Waals surface area contributed by atoms with Gasteiger partial charge in [-0.05, 0) is 50.2 Å². The first-order chi connectivity index (χ1) is 26.0. The molecular weight excluding hydrogens is 681 g/mol. The van der Waals surface area contributed by atoms with Crippen LogP contribution in [-0.4, -0.2) is 43.7 Å². The zero-order valence-electron chi connectivity index (χ0n) is 29.5. The highest BCUT2D eigenvalue weighted by Crippen LogP contribution is 2.43. The Bertz CT molecular complexity index is 2000. The number of hydrogen-bond acceptors (Lipinski definition) is 3. The normalized spacial score (nSPS) is 13.8. The highest BCUT2D eigenvalue weighted by atomic mass is 28.4. The third-order valence-electron chi connectivity index (χ3n) is 11.2. The van der Waals surface area contributed by atoms with Crippen LogP contribution < -0.4 is 36.9 Å². The fraction of sp³-hybridized carbons (Fsp3) is 0.0638. The van der Waals surface area contributed by atoms with Gasteiger partial charge in [-0.3, -0.25) is 14.5 Å². The monoisotopic (exact) mass is 720 g/mol. The molecule has 7 aromatic rings. The highest BCUT2D eigenvalue weighted by molar-refractivity contribution is 7.29. The minimum absolute atomic E-state index is 0.317. The summed E-state index contributed by atoms with van der Waals surface area (Å²) >= 11 is 0. The molecule has 0 bridgehead atoms. The van der Waals surface area contributed by atoms with Gasteiger partial charge in [0.25, 0.3) is 11.8 Å². The van der Waals surface area contributed by atoms with Crippen LogP contribution in [0.3, 0.4) is 0 Å². The first-order valence-electron chi connectivity index (χ1n) is 18.1. The molecule has 7 aromatic carbocycles. The van der Waals surface area contributed by atoms with Crippen molar-refractivity contribution in [2.24, 2.45) is 5.73 Å². The molecule has 8 rings (SSSR count). The van der Waals surface area contributed by atoms with Gasteiger partial charge in [0.15, 0.2) is 16.1 Å². The number of nitrogens with two attached hydrogens (primary N) is 1. The summed E-state index contributed by atoms with van der Waals surface area (Å²) in [4.78, 5) is 31.8. The minimum Gasteiger partial charge on any atom is -0.326 e. The van der Waals surface area contributed by atoms with E-state index in [0.717, 1.165) is 31.1 Å². The van der Waals surface area contributed by atoms with Crippen molar-refractivity contribution in [3.63, 3.8) is 0 Å². The van der Waals surface area contributed by atoms with Crippen LogP contribution in [0.25, 0.3) is 0 Å². The summed E-state index contributed by atoms with van der Waals surface area (Å²) in [5, 5.41) is 6.37. The fourth-order valence-electron chi connectivity index (χ4n) is 9.46. The molecule has 4 nitrogen and oxygen atoms in total. The SMILES string of the molecule is CC(N)C(N1C(=O)c2ccccc2C1=O)([Si](c1ccccc1)(c1ccccc1)c1ccccc1)[Si](c1ccccc1)(c1ccccc1)c1ccccc1. The molecule has 0 spiro atoms. The van der Waals surface area contributed by atoms with Crippen LogP contribution in [-0.2, 0) is 0 Å². The minimum atomic E-state index is -3.82. The number of rotatable bonds is 10. The summed E-state index contributed by atoms with van der Waals surface area (Å²) in [5.41, 5.74) is 8.73. The van der Waals surface area contributed by atoms with E-state index < -0.39 is 27.0 Å². The number of fused-ring (bicyclic) bond motifs is 1. The molecule has 0 saturated heterocycles. The maximum atomic E-state index is 15.7. The van der Waals surface area contributed by atoms with Gasteiger partial charge < -0.3 is 5.73 Å². The van der Waals surface area contributed by atoms with E-state index in [9.17, 15) is 0 Å². The third kappa shape index (κ3) is 4.91. The van der Waals surface area contributed by atoms with Crippen molar-refractivity contribution in [2.75, 3.05) is 0 Å². The second kappa shape index (κ2) is 13.9. The van der Waals surface area contributed by atoms with Crippen molar-refractivity contribution < 1.29 is 9.59 Å². The van der Waals surface area contributed by atoms with Crippen molar-refractivity contribution in [3.05, 3.63) is 217 Å². The lowest BCUT2D eigenvalue weighted by Crippen LogP contribution is -3.01. The predicted octanol–water partition coefficient (Wildman–Crippen LogP) is 4.79. The van der Waals surface area contributed by atoms with Gasteiger partial charge >= 0.3 is 0 Å². The van der Waals surface area contributed by atoms with Crippen molar-refractivity contribution in [3.8, 4) is 0 Å². The van der Waals surface area contributed by atoms with E-state index in [1.54, 1.807) is 17.0 Å². The summed E-state index contributed by atoms with van der Waals surface area (Å²) in [6, 6.07) is 70.0. The topological polar surface area (TPSA) is 63.4 Å². The van der Waals surface area contributed by atoms with Crippen LogP contribution in [0.1, 0.15) is 27.6 Å². The molecule has 0 saturated carbocycles. The molecule has 0 aliphatic carbocycles. The van der Waals surface area contributed by atoms with Crippen LogP contribution in [0.2, 0.25) is 0 Å². The molecule has 53 heavy (non-hydrogen) atoms. The lowest BCUT2D eigenvalue weighted by molar-refractivity contribution is 0.0578. The molecule has 0 aromatic heterocycles. The number of benzene rings is 7. The Morgan fingerprint density at radius 3 is 0.811 bits per heavy atom. The van der Waals surface area contributed by atoms with Gasteiger partial charge in [-0.1, -0.05) is 194 Å². The Morgan fingerprint density at radius 1 is 0.396 bits per heavy atom. The van der Waals surface area contributed by atoms with Crippen molar-refractivity contribution >= 4 is 59.1 Å². The molecular formula is C47H40N2O2Si2. The maximum absolute atomic E-state index is 15.7. The molecule has 2 amide bonds. The molecule has 1 aliphatic heterocycles. The first-order valence-corrected chi connectivity index (χ1v) is 22.1. The smallest absolute Gasteiger partial charge is 0.261 e. The van der Waals surface area contributed by atoms with Gasteiger partial charge in [-0.2, -0.15) is 0 Å². The molecule has 1 heterocycles. The third-order valence-corrected chi connectivity index (χ3v) is 24.3. The molecule has 1 unspecified atom stereocenters. The van der Waals surface area contributed by atoms with E-state index >= 15 is 9.59 Å². The highest BCUT2D eigenvalue weighted by Gasteiger charge is 2.76. The average Bonchev–Trinajstić information content (AvgIpc) is 3.48. The second-order valence-corrected chi connectivity index (χ2v) is 22.2. The standard InChI is InChI=1S/C47H40N2O2Si2/c1-36(48)47(49-45(50)43-34-20-21-35-44(43)46(49)51,52(37-22-8-2-9-23-37,38-24-10-3-11-25-38)39-26-12-4-13-27-39)53(40-28-14-5-15-29-40,41-30-16-6-17-31-41)42-32-18-7-19-33-42/h2-36H,48H2,1H3. The zero-order valence-corrected chi connectivity index (χ0v) is 31.5. The maximum Gasteiger partial charge on any atom is 0.261 e. The van der Waals surface area contributed by atoms with Crippen molar-refractivity contribution in [1.29, 1.82) is 0 Å². The molecule has 258 valence electrons. The largest absolute Gasteiger partial charge is 0.326 e. The number of carbonyl (C=O) groups excluding carboxylic acids is 2. The predicted molar refractivity (Wildman–Crippen MR) is 221 cm³/mol. The molecule has 1 aliphatic rings. The number of amides is 2. The Morgan fingerprint density at radius 2 is 0.604 bits per heavy atom. The second-order valence-electron chi connectivity index (χ2n) is 13.7. The summed E-state index contributed by atoms with van der Waals surface area (Å²) < 4.78 is 0. The summed E-state index contributed by atoms with van der Waals surface area (Å²) in [5.74, 6) is -0.635. The number of nitrogens with zero attached hydrogens (tertiary/aromatic N) is 1. The van der Waals surface area contributed by atoms with E-state index in [2.05, 4.69) is 146 Å². The van der Waals surface area contributed by atoms with Crippen LogP contribution in [0, 0.1) is 0 Å². The molecule has 6 heteroatoms. The molecule has 2 N–H and O–H groups in total. The Kier molecular flexibility index (Phi) is 8.96. The number of imide groups is 1. The molecule has 1 atom stereocenters. The lowest BCUT2D eigenvalue weighted by atomic mass is 10.1. The molecule has 0 fully saturated rings.